The van der Waals surface area contributed by atoms with E-state index in [-0.39, 0.29) is 11.8 Å². The largest absolute Gasteiger partial charge is 0.381 e. The number of likely N-dealkylation sites (N-methyl/N-ethyl adjacent to an activating group) is 1. The van der Waals surface area contributed by atoms with Crippen molar-refractivity contribution < 1.29 is 9.53 Å². The molecular formula is C22H34BrNO2. The van der Waals surface area contributed by atoms with Gasteiger partial charge in [-0.1, -0.05) is 35.8 Å². The molecule has 146 valence electrons. The molecule has 0 bridgehead atoms. The van der Waals surface area contributed by atoms with Crippen molar-refractivity contribution in [2.75, 3.05) is 20.2 Å². The SMILES string of the molecule is CCN(CC)C(=O)C(c1cc(Br)ccc1C)C1CC(C)C(OC)C(C)C1. The summed E-state index contributed by atoms with van der Waals surface area (Å²) >= 11 is 3.61. The number of amides is 1. The van der Waals surface area contributed by atoms with Gasteiger partial charge in [-0.25, -0.2) is 0 Å². The highest BCUT2D eigenvalue weighted by Gasteiger charge is 2.41. The number of nitrogens with zero attached hydrogens (tertiary/aromatic N) is 1. The highest BCUT2D eigenvalue weighted by atomic mass is 79.9. The number of rotatable bonds is 6. The van der Waals surface area contributed by atoms with Gasteiger partial charge < -0.3 is 9.64 Å². The average molecular weight is 424 g/mol. The highest BCUT2D eigenvalue weighted by molar-refractivity contribution is 9.10. The van der Waals surface area contributed by atoms with Crippen LogP contribution in [-0.2, 0) is 9.53 Å². The van der Waals surface area contributed by atoms with Crippen molar-refractivity contribution in [1.82, 2.24) is 4.90 Å². The van der Waals surface area contributed by atoms with Gasteiger partial charge in [0.15, 0.2) is 0 Å². The van der Waals surface area contributed by atoms with Crippen LogP contribution in [-0.4, -0.2) is 37.1 Å². The maximum atomic E-state index is 13.5. The van der Waals surface area contributed by atoms with Crippen LogP contribution in [0.5, 0.6) is 0 Å². The Morgan fingerprint density at radius 3 is 2.31 bits per heavy atom. The van der Waals surface area contributed by atoms with Gasteiger partial charge in [-0.15, -0.1) is 0 Å². The van der Waals surface area contributed by atoms with Gasteiger partial charge in [0.05, 0.1) is 12.0 Å². The summed E-state index contributed by atoms with van der Waals surface area (Å²) in [5.41, 5.74) is 2.38. The number of aryl methyl sites for hydroxylation is 1. The van der Waals surface area contributed by atoms with Crippen LogP contribution in [0.1, 0.15) is 57.6 Å². The number of carbonyl (C=O) groups is 1. The molecule has 0 aliphatic heterocycles. The monoisotopic (exact) mass is 423 g/mol. The summed E-state index contributed by atoms with van der Waals surface area (Å²) in [4.78, 5) is 15.5. The van der Waals surface area contributed by atoms with E-state index in [0.29, 0.717) is 23.9 Å². The molecule has 1 aromatic rings. The van der Waals surface area contributed by atoms with Crippen LogP contribution in [0.25, 0.3) is 0 Å². The molecule has 1 aromatic carbocycles. The number of halogens is 1. The summed E-state index contributed by atoms with van der Waals surface area (Å²) in [6, 6.07) is 6.33. The summed E-state index contributed by atoms with van der Waals surface area (Å²) in [6.45, 7) is 12.3. The van der Waals surface area contributed by atoms with Gasteiger partial charge >= 0.3 is 0 Å². The molecule has 0 radical (unpaired) electrons. The third-order valence-electron chi connectivity index (χ3n) is 6.13. The lowest BCUT2D eigenvalue weighted by atomic mass is 9.67. The van der Waals surface area contributed by atoms with E-state index in [0.717, 1.165) is 30.4 Å². The van der Waals surface area contributed by atoms with Crippen molar-refractivity contribution in [2.45, 2.75) is 59.5 Å². The fourth-order valence-corrected chi connectivity index (χ4v) is 5.26. The topological polar surface area (TPSA) is 29.5 Å². The van der Waals surface area contributed by atoms with Gasteiger partial charge in [-0.3, -0.25) is 4.79 Å². The Kier molecular flexibility index (Phi) is 7.72. The summed E-state index contributed by atoms with van der Waals surface area (Å²) in [5.74, 6) is 1.49. The molecule has 1 aliphatic carbocycles. The van der Waals surface area contributed by atoms with Crippen LogP contribution in [0.2, 0.25) is 0 Å². The van der Waals surface area contributed by atoms with Crippen molar-refractivity contribution in [3.63, 3.8) is 0 Å². The Morgan fingerprint density at radius 2 is 1.81 bits per heavy atom. The molecule has 0 saturated heterocycles. The zero-order valence-corrected chi connectivity index (χ0v) is 18.7. The Morgan fingerprint density at radius 1 is 1.23 bits per heavy atom. The lowest BCUT2D eigenvalue weighted by molar-refractivity contribution is -0.135. The first-order valence-corrected chi connectivity index (χ1v) is 10.7. The Bertz CT molecular complexity index is 602. The van der Waals surface area contributed by atoms with E-state index in [1.54, 1.807) is 0 Å². The van der Waals surface area contributed by atoms with Crippen LogP contribution >= 0.6 is 15.9 Å². The summed E-state index contributed by atoms with van der Waals surface area (Å²) < 4.78 is 6.78. The molecule has 0 aromatic heterocycles. The number of methoxy groups -OCH3 is 1. The van der Waals surface area contributed by atoms with E-state index in [2.05, 4.69) is 68.7 Å². The number of carbonyl (C=O) groups excluding carboxylic acids is 1. The lowest BCUT2D eigenvalue weighted by Gasteiger charge is -2.42. The molecule has 3 atom stereocenters. The smallest absolute Gasteiger partial charge is 0.230 e. The number of ether oxygens (including phenoxy) is 1. The third kappa shape index (κ3) is 4.51. The van der Waals surface area contributed by atoms with Crippen LogP contribution in [0.15, 0.2) is 22.7 Å². The Labute approximate surface area is 167 Å². The van der Waals surface area contributed by atoms with Crippen molar-refractivity contribution in [3.8, 4) is 0 Å². The second-order valence-electron chi connectivity index (χ2n) is 7.88. The minimum atomic E-state index is -0.0740. The van der Waals surface area contributed by atoms with E-state index in [1.807, 2.05) is 12.0 Å². The van der Waals surface area contributed by atoms with Crippen LogP contribution in [0, 0.1) is 24.7 Å². The van der Waals surface area contributed by atoms with Gasteiger partial charge in [0.2, 0.25) is 5.91 Å². The summed E-state index contributed by atoms with van der Waals surface area (Å²) in [6.07, 6.45) is 2.36. The maximum absolute atomic E-state index is 13.5. The van der Waals surface area contributed by atoms with Crippen molar-refractivity contribution in [3.05, 3.63) is 33.8 Å². The van der Waals surface area contributed by atoms with Crippen molar-refractivity contribution in [2.24, 2.45) is 17.8 Å². The molecule has 1 fully saturated rings. The predicted octanol–water partition coefficient (Wildman–Crippen LogP) is 5.41. The molecule has 26 heavy (non-hydrogen) atoms. The molecule has 1 amide bonds. The standard InChI is InChI=1S/C22H34BrNO2/c1-7-24(8-2)22(25)20(19-13-18(23)10-9-14(19)3)17-11-15(4)21(26-6)16(5)12-17/h9-10,13,15-17,20-21H,7-8,11-12H2,1-6H3. The van der Waals surface area contributed by atoms with E-state index < -0.39 is 0 Å². The second kappa shape index (κ2) is 9.36. The number of benzene rings is 1. The summed E-state index contributed by atoms with van der Waals surface area (Å²) in [7, 11) is 1.81. The predicted molar refractivity (Wildman–Crippen MR) is 111 cm³/mol. The van der Waals surface area contributed by atoms with E-state index in [4.69, 9.17) is 4.74 Å². The highest BCUT2D eigenvalue weighted by Crippen LogP contribution is 2.44. The number of hydrogen-bond acceptors (Lipinski definition) is 2. The molecule has 1 aliphatic rings. The van der Waals surface area contributed by atoms with Crippen LogP contribution in [0.4, 0.5) is 0 Å². The molecule has 0 N–H and O–H groups in total. The molecule has 3 nitrogen and oxygen atoms in total. The van der Waals surface area contributed by atoms with E-state index in [9.17, 15) is 4.79 Å². The van der Waals surface area contributed by atoms with Crippen molar-refractivity contribution in [1.29, 1.82) is 0 Å². The molecule has 0 heterocycles. The molecule has 4 heteroatoms. The minimum absolute atomic E-state index is 0.0740. The van der Waals surface area contributed by atoms with Gasteiger partial charge in [-0.05, 0) is 74.6 Å². The molecule has 3 unspecified atom stereocenters. The first-order valence-electron chi connectivity index (χ1n) is 9.91. The molecule has 2 rings (SSSR count). The minimum Gasteiger partial charge on any atom is -0.381 e. The van der Waals surface area contributed by atoms with Crippen LogP contribution < -0.4 is 0 Å². The Hall–Kier alpha value is -0.870. The van der Waals surface area contributed by atoms with Crippen LogP contribution in [0.3, 0.4) is 0 Å². The lowest BCUT2D eigenvalue weighted by Crippen LogP contribution is -2.43. The molecular weight excluding hydrogens is 390 g/mol. The quantitative estimate of drug-likeness (QED) is 0.612. The summed E-state index contributed by atoms with van der Waals surface area (Å²) in [5, 5.41) is 0. The Balaban J connectivity index is 2.44. The van der Waals surface area contributed by atoms with E-state index >= 15 is 0 Å². The number of hydrogen-bond donors (Lipinski definition) is 0. The fourth-order valence-electron chi connectivity index (χ4n) is 4.88. The zero-order valence-electron chi connectivity index (χ0n) is 17.1. The van der Waals surface area contributed by atoms with E-state index in [1.165, 1.54) is 11.1 Å². The normalized spacial score (nSPS) is 27.2. The molecule has 0 spiro atoms. The average Bonchev–Trinajstić information content (AvgIpc) is 2.59. The molecule has 1 saturated carbocycles. The van der Waals surface area contributed by atoms with Gasteiger partial charge in [0, 0.05) is 24.7 Å². The first-order chi connectivity index (χ1) is 12.3. The maximum Gasteiger partial charge on any atom is 0.230 e. The van der Waals surface area contributed by atoms with Crippen molar-refractivity contribution >= 4 is 21.8 Å². The first kappa shape index (κ1) is 21.4. The fraction of sp³-hybridized carbons (Fsp3) is 0.682. The van der Waals surface area contributed by atoms with Gasteiger partial charge in [-0.2, -0.15) is 0 Å². The third-order valence-corrected chi connectivity index (χ3v) is 6.63. The zero-order chi connectivity index (χ0) is 19.4. The van der Waals surface area contributed by atoms with Gasteiger partial charge in [0.1, 0.15) is 0 Å². The van der Waals surface area contributed by atoms with Gasteiger partial charge in [0.25, 0.3) is 0 Å². The second-order valence-corrected chi connectivity index (χ2v) is 8.79.